The number of carbonyl (C=O) groups excluding carboxylic acids is 1. The number of nitrogens with zero attached hydrogens (tertiary/aromatic N) is 1. The smallest absolute Gasteiger partial charge is 0.360 e. The van der Waals surface area contributed by atoms with Crippen LogP contribution in [0.2, 0.25) is 0 Å². The van der Waals surface area contributed by atoms with E-state index in [0.717, 1.165) is 49.1 Å². The number of nitrogens with one attached hydrogen (secondary N) is 2. The molecule has 3 aromatic rings. The molecule has 2 aromatic carbocycles. The molecule has 0 bridgehead atoms. The Morgan fingerprint density at radius 2 is 1.84 bits per heavy atom. The van der Waals surface area contributed by atoms with Crippen molar-refractivity contribution in [3.05, 3.63) is 64.0 Å². The van der Waals surface area contributed by atoms with Crippen molar-refractivity contribution in [1.82, 2.24) is 4.90 Å². The lowest BCUT2D eigenvalue weighted by molar-refractivity contribution is 0.113. The topological polar surface area (TPSA) is 83.8 Å². The molecule has 0 unspecified atom stereocenters. The number of hydrogen-bond acceptors (Lipinski definition) is 5. The number of piperidine rings is 1. The van der Waals surface area contributed by atoms with E-state index in [9.17, 15) is 9.59 Å². The number of amides is 2. The van der Waals surface area contributed by atoms with Crippen molar-refractivity contribution >= 4 is 28.4 Å². The highest BCUT2D eigenvalue weighted by molar-refractivity contribution is 6.00. The van der Waals surface area contributed by atoms with E-state index in [1.54, 1.807) is 6.07 Å². The molecule has 1 aromatic heterocycles. The van der Waals surface area contributed by atoms with Gasteiger partial charge >= 0.3 is 11.7 Å². The van der Waals surface area contributed by atoms with Crippen LogP contribution < -0.4 is 21.0 Å². The molecule has 4 rings (SSSR count). The van der Waals surface area contributed by atoms with Crippen LogP contribution in [-0.4, -0.2) is 37.2 Å². The minimum atomic E-state index is -0.603. The van der Waals surface area contributed by atoms with Crippen molar-refractivity contribution in [1.29, 1.82) is 0 Å². The molecule has 168 valence electrons. The Morgan fingerprint density at radius 1 is 1.12 bits per heavy atom. The van der Waals surface area contributed by atoms with Crippen LogP contribution in [0.1, 0.15) is 30.9 Å². The summed E-state index contributed by atoms with van der Waals surface area (Å²) in [4.78, 5) is 27.2. The first-order valence-corrected chi connectivity index (χ1v) is 11.0. The van der Waals surface area contributed by atoms with Gasteiger partial charge in [-0.2, -0.15) is 0 Å². The molecule has 2 amide bonds. The Bertz CT molecular complexity index is 1160. The SMILES string of the molecule is CCc1ccc(NC(=O)Nc2cc3ccc(OC4CCN(C)CC4)c(C)c3oc2=O)cc1. The van der Waals surface area contributed by atoms with Gasteiger partial charge in [-0.25, -0.2) is 9.59 Å². The van der Waals surface area contributed by atoms with Gasteiger partial charge in [0.2, 0.25) is 0 Å². The van der Waals surface area contributed by atoms with E-state index in [4.69, 9.17) is 9.15 Å². The van der Waals surface area contributed by atoms with Crippen molar-refractivity contribution in [3.8, 4) is 5.75 Å². The lowest BCUT2D eigenvalue weighted by Crippen LogP contribution is -2.35. The van der Waals surface area contributed by atoms with Crippen LogP contribution in [0.15, 0.2) is 51.7 Å². The van der Waals surface area contributed by atoms with Gasteiger partial charge in [-0.3, -0.25) is 0 Å². The first-order valence-electron chi connectivity index (χ1n) is 11.0. The van der Waals surface area contributed by atoms with Crippen LogP contribution in [0, 0.1) is 6.92 Å². The van der Waals surface area contributed by atoms with Crippen LogP contribution in [0.5, 0.6) is 5.75 Å². The van der Waals surface area contributed by atoms with E-state index < -0.39 is 11.7 Å². The van der Waals surface area contributed by atoms with E-state index in [2.05, 4.69) is 29.5 Å². The third-order valence-corrected chi connectivity index (χ3v) is 5.93. The summed E-state index contributed by atoms with van der Waals surface area (Å²) in [5, 5.41) is 6.05. The zero-order valence-electron chi connectivity index (χ0n) is 18.7. The van der Waals surface area contributed by atoms with Crippen LogP contribution in [0.3, 0.4) is 0 Å². The largest absolute Gasteiger partial charge is 0.490 e. The van der Waals surface area contributed by atoms with E-state index in [1.807, 2.05) is 43.3 Å². The Balaban J connectivity index is 1.49. The minimum absolute atomic E-state index is 0.0866. The molecule has 0 spiro atoms. The molecule has 0 atom stereocenters. The summed E-state index contributed by atoms with van der Waals surface area (Å²) in [5.41, 5.74) is 2.57. The summed E-state index contributed by atoms with van der Waals surface area (Å²) >= 11 is 0. The summed E-state index contributed by atoms with van der Waals surface area (Å²) < 4.78 is 11.8. The number of anilines is 2. The third-order valence-electron chi connectivity index (χ3n) is 5.93. The molecular weight excluding hydrogens is 406 g/mol. The zero-order chi connectivity index (χ0) is 22.7. The van der Waals surface area contributed by atoms with E-state index in [0.29, 0.717) is 11.3 Å². The predicted molar refractivity (Wildman–Crippen MR) is 127 cm³/mol. The second kappa shape index (κ2) is 9.44. The molecule has 0 aliphatic carbocycles. The lowest BCUT2D eigenvalue weighted by atomic mass is 10.1. The van der Waals surface area contributed by atoms with Crippen molar-refractivity contribution in [2.75, 3.05) is 30.8 Å². The molecule has 1 aliphatic heterocycles. The second-order valence-corrected chi connectivity index (χ2v) is 8.30. The van der Waals surface area contributed by atoms with Crippen molar-refractivity contribution in [2.24, 2.45) is 0 Å². The highest BCUT2D eigenvalue weighted by Gasteiger charge is 2.20. The van der Waals surface area contributed by atoms with Crippen molar-refractivity contribution in [2.45, 2.75) is 39.2 Å². The van der Waals surface area contributed by atoms with Gasteiger partial charge < -0.3 is 24.7 Å². The number of hydrogen-bond donors (Lipinski definition) is 2. The van der Waals surface area contributed by atoms with Gasteiger partial charge in [-0.1, -0.05) is 19.1 Å². The van der Waals surface area contributed by atoms with E-state index >= 15 is 0 Å². The van der Waals surface area contributed by atoms with Gasteiger partial charge in [0.25, 0.3) is 0 Å². The van der Waals surface area contributed by atoms with Crippen LogP contribution in [0.25, 0.3) is 11.0 Å². The summed E-state index contributed by atoms with van der Waals surface area (Å²) in [7, 11) is 2.11. The highest BCUT2D eigenvalue weighted by Crippen LogP contribution is 2.29. The maximum absolute atomic E-state index is 12.5. The molecule has 32 heavy (non-hydrogen) atoms. The normalized spacial score (nSPS) is 15.0. The molecule has 1 fully saturated rings. The second-order valence-electron chi connectivity index (χ2n) is 8.30. The number of fused-ring (bicyclic) bond motifs is 1. The van der Waals surface area contributed by atoms with Crippen LogP contribution in [-0.2, 0) is 6.42 Å². The maximum atomic E-state index is 12.5. The first kappa shape index (κ1) is 21.9. The Kier molecular flexibility index (Phi) is 6.46. The average Bonchev–Trinajstić information content (AvgIpc) is 2.79. The number of rotatable bonds is 5. The summed E-state index contributed by atoms with van der Waals surface area (Å²) in [6.45, 7) is 5.97. The van der Waals surface area contributed by atoms with Gasteiger partial charge in [0.05, 0.1) is 0 Å². The van der Waals surface area contributed by atoms with Gasteiger partial charge in [-0.15, -0.1) is 0 Å². The Labute approximate surface area is 187 Å². The van der Waals surface area contributed by atoms with Crippen LogP contribution in [0.4, 0.5) is 16.2 Å². The summed E-state index contributed by atoms with van der Waals surface area (Å²) in [5.74, 6) is 0.726. The van der Waals surface area contributed by atoms with Gasteiger partial charge in [-0.05, 0) is 69.1 Å². The molecular formula is C25H29N3O4. The fraction of sp³-hybridized carbons (Fsp3) is 0.360. The molecule has 1 saturated heterocycles. The highest BCUT2D eigenvalue weighted by atomic mass is 16.5. The number of urea groups is 1. The predicted octanol–water partition coefficient (Wildman–Crippen LogP) is 4.78. The molecule has 7 nitrogen and oxygen atoms in total. The quantitative estimate of drug-likeness (QED) is 0.564. The average molecular weight is 436 g/mol. The number of ether oxygens (including phenoxy) is 1. The fourth-order valence-electron chi connectivity index (χ4n) is 3.91. The standard InChI is InChI=1S/C25H29N3O4/c1-4-17-5-8-19(9-6-17)26-25(30)27-21-15-18-7-10-22(16(2)23(18)32-24(21)29)31-20-11-13-28(3)14-12-20/h5-10,15,20H,4,11-14H2,1-3H3,(H2,26,27,30). The van der Waals surface area contributed by atoms with Crippen molar-refractivity contribution in [3.63, 3.8) is 0 Å². The van der Waals surface area contributed by atoms with E-state index in [1.165, 1.54) is 5.56 Å². The van der Waals surface area contributed by atoms with Crippen LogP contribution >= 0.6 is 0 Å². The number of likely N-dealkylation sites (tertiary alicyclic amines) is 1. The molecule has 0 radical (unpaired) electrons. The minimum Gasteiger partial charge on any atom is -0.490 e. The monoisotopic (exact) mass is 435 g/mol. The molecule has 1 aliphatic rings. The Hall–Kier alpha value is -3.32. The Morgan fingerprint density at radius 3 is 2.53 bits per heavy atom. The summed E-state index contributed by atoms with van der Waals surface area (Å²) in [6.07, 6.45) is 3.02. The number of aryl methyl sites for hydroxylation is 2. The molecule has 2 N–H and O–H groups in total. The molecule has 0 saturated carbocycles. The van der Waals surface area contributed by atoms with Gasteiger partial charge in [0, 0.05) is 29.7 Å². The lowest BCUT2D eigenvalue weighted by Gasteiger charge is -2.29. The molecule has 7 heteroatoms. The van der Waals surface area contributed by atoms with Gasteiger partial charge in [0.1, 0.15) is 23.1 Å². The molecule has 2 heterocycles. The zero-order valence-corrected chi connectivity index (χ0v) is 18.7. The number of benzene rings is 2. The first-order chi connectivity index (χ1) is 15.4. The third kappa shape index (κ3) is 4.94. The maximum Gasteiger partial charge on any atom is 0.360 e. The fourth-order valence-corrected chi connectivity index (χ4v) is 3.91. The van der Waals surface area contributed by atoms with Crippen molar-refractivity contribution < 1.29 is 13.9 Å². The van der Waals surface area contributed by atoms with Gasteiger partial charge in [0.15, 0.2) is 0 Å². The number of carbonyl (C=O) groups is 1. The summed E-state index contributed by atoms with van der Waals surface area (Å²) in [6, 6.07) is 12.4. The van der Waals surface area contributed by atoms with E-state index in [-0.39, 0.29) is 11.8 Å².